The maximum absolute atomic E-state index is 12.3. The highest BCUT2D eigenvalue weighted by molar-refractivity contribution is 5.76. The number of carbonyl (C=O) groups is 1. The third-order valence-electron chi connectivity index (χ3n) is 4.19. The van der Waals surface area contributed by atoms with Crippen LogP contribution in [-0.4, -0.2) is 40.3 Å². The normalized spacial score (nSPS) is 18.1. The average Bonchev–Trinajstić information content (AvgIpc) is 3.09. The summed E-state index contributed by atoms with van der Waals surface area (Å²) in [4.78, 5) is 14.3. The molecule has 0 saturated carbocycles. The predicted octanol–water partition coefficient (Wildman–Crippen LogP) is 2.34. The number of ether oxygens (including phenoxy) is 1. The summed E-state index contributed by atoms with van der Waals surface area (Å²) in [5, 5.41) is 4.10. The standard InChI is InChI=1S/C18H23N3O2/c22-18(13-21-11-5-9-19-21)20-10-4-8-17(12-20)15-23-14-16-6-2-1-3-7-16/h1-3,5-7,9,11,17H,4,8,10,12-15H2. The van der Waals surface area contributed by atoms with Gasteiger partial charge in [-0.1, -0.05) is 30.3 Å². The van der Waals surface area contributed by atoms with Crippen LogP contribution in [0.1, 0.15) is 18.4 Å². The second kappa shape index (κ2) is 7.92. The molecule has 0 N–H and O–H groups in total. The van der Waals surface area contributed by atoms with E-state index in [1.54, 1.807) is 10.9 Å². The molecule has 0 radical (unpaired) electrons. The first-order valence-corrected chi connectivity index (χ1v) is 8.18. The van der Waals surface area contributed by atoms with Crippen LogP contribution in [0.15, 0.2) is 48.8 Å². The van der Waals surface area contributed by atoms with Crippen LogP contribution in [0.4, 0.5) is 0 Å². The minimum Gasteiger partial charge on any atom is -0.376 e. The molecular weight excluding hydrogens is 290 g/mol. The number of carbonyl (C=O) groups excluding carboxylic acids is 1. The number of piperidine rings is 1. The van der Waals surface area contributed by atoms with Crippen LogP contribution in [0.2, 0.25) is 0 Å². The zero-order chi connectivity index (χ0) is 15.9. The first-order valence-electron chi connectivity index (χ1n) is 8.18. The first kappa shape index (κ1) is 15.7. The van der Waals surface area contributed by atoms with E-state index in [1.807, 2.05) is 35.4 Å². The Hall–Kier alpha value is -2.14. The molecule has 1 unspecified atom stereocenters. The molecular formula is C18H23N3O2. The van der Waals surface area contributed by atoms with Gasteiger partial charge in [0, 0.05) is 25.5 Å². The number of nitrogens with zero attached hydrogens (tertiary/aromatic N) is 3. The molecule has 1 amide bonds. The van der Waals surface area contributed by atoms with E-state index in [0.29, 0.717) is 25.7 Å². The highest BCUT2D eigenvalue weighted by Gasteiger charge is 2.23. The molecule has 1 aliphatic rings. The van der Waals surface area contributed by atoms with Crippen LogP contribution in [0.3, 0.4) is 0 Å². The monoisotopic (exact) mass is 313 g/mol. The average molecular weight is 313 g/mol. The lowest BCUT2D eigenvalue weighted by Gasteiger charge is -2.32. The van der Waals surface area contributed by atoms with Crippen LogP contribution in [-0.2, 0) is 22.7 Å². The summed E-state index contributed by atoms with van der Waals surface area (Å²) < 4.78 is 7.52. The van der Waals surface area contributed by atoms with Gasteiger partial charge < -0.3 is 9.64 Å². The maximum Gasteiger partial charge on any atom is 0.244 e. The Balaban J connectivity index is 1.43. The molecule has 23 heavy (non-hydrogen) atoms. The SMILES string of the molecule is O=C(Cn1cccn1)N1CCCC(COCc2ccccc2)C1. The number of likely N-dealkylation sites (tertiary alicyclic amines) is 1. The van der Waals surface area contributed by atoms with E-state index in [-0.39, 0.29) is 5.91 Å². The Labute approximate surface area is 136 Å². The molecule has 1 aliphatic heterocycles. The molecule has 2 heterocycles. The summed E-state index contributed by atoms with van der Waals surface area (Å²) >= 11 is 0. The van der Waals surface area contributed by atoms with Gasteiger partial charge in [0.1, 0.15) is 6.54 Å². The fourth-order valence-corrected chi connectivity index (χ4v) is 2.98. The molecule has 1 saturated heterocycles. The van der Waals surface area contributed by atoms with Gasteiger partial charge in [-0.15, -0.1) is 0 Å². The van der Waals surface area contributed by atoms with Gasteiger partial charge in [0.25, 0.3) is 0 Å². The molecule has 1 aromatic heterocycles. The van der Waals surface area contributed by atoms with Crippen LogP contribution >= 0.6 is 0 Å². The van der Waals surface area contributed by atoms with Gasteiger partial charge in [0.2, 0.25) is 5.91 Å². The molecule has 3 rings (SSSR count). The Morgan fingerprint density at radius 2 is 2.13 bits per heavy atom. The number of hydrogen-bond acceptors (Lipinski definition) is 3. The van der Waals surface area contributed by atoms with Crippen molar-refractivity contribution in [2.24, 2.45) is 5.92 Å². The van der Waals surface area contributed by atoms with Crippen LogP contribution in [0.25, 0.3) is 0 Å². The lowest BCUT2D eigenvalue weighted by atomic mass is 9.99. The third-order valence-corrected chi connectivity index (χ3v) is 4.19. The molecule has 5 nitrogen and oxygen atoms in total. The number of benzene rings is 1. The number of amides is 1. The summed E-state index contributed by atoms with van der Waals surface area (Å²) in [7, 11) is 0. The smallest absolute Gasteiger partial charge is 0.244 e. The van der Waals surface area contributed by atoms with E-state index in [0.717, 1.165) is 25.9 Å². The molecule has 1 fully saturated rings. The molecule has 0 spiro atoms. The minimum atomic E-state index is 0.140. The summed E-state index contributed by atoms with van der Waals surface area (Å²) in [6.45, 7) is 3.30. The highest BCUT2D eigenvalue weighted by atomic mass is 16.5. The summed E-state index contributed by atoms with van der Waals surface area (Å²) in [5.41, 5.74) is 1.19. The van der Waals surface area contributed by atoms with Crippen molar-refractivity contribution in [3.63, 3.8) is 0 Å². The van der Waals surface area contributed by atoms with Crippen molar-refractivity contribution in [1.29, 1.82) is 0 Å². The highest BCUT2D eigenvalue weighted by Crippen LogP contribution is 2.18. The number of hydrogen-bond donors (Lipinski definition) is 0. The van der Waals surface area contributed by atoms with Crippen LogP contribution in [0.5, 0.6) is 0 Å². The topological polar surface area (TPSA) is 47.4 Å². The van der Waals surface area contributed by atoms with Crippen molar-refractivity contribution in [2.45, 2.75) is 26.0 Å². The molecule has 1 atom stereocenters. The molecule has 0 bridgehead atoms. The van der Waals surface area contributed by atoms with Gasteiger partial charge in [0.15, 0.2) is 0 Å². The molecule has 122 valence electrons. The largest absolute Gasteiger partial charge is 0.376 e. The Morgan fingerprint density at radius 1 is 1.26 bits per heavy atom. The number of rotatable bonds is 6. The summed E-state index contributed by atoms with van der Waals surface area (Å²) in [6, 6.07) is 12.0. The maximum atomic E-state index is 12.3. The Morgan fingerprint density at radius 3 is 2.91 bits per heavy atom. The molecule has 1 aromatic carbocycles. The van der Waals surface area contributed by atoms with Gasteiger partial charge in [-0.05, 0) is 30.4 Å². The zero-order valence-corrected chi connectivity index (χ0v) is 13.3. The van der Waals surface area contributed by atoms with Gasteiger partial charge in [-0.25, -0.2) is 0 Å². The lowest BCUT2D eigenvalue weighted by Crippen LogP contribution is -2.42. The van der Waals surface area contributed by atoms with Crippen molar-refractivity contribution in [3.05, 3.63) is 54.4 Å². The Kier molecular flexibility index (Phi) is 5.42. The zero-order valence-electron chi connectivity index (χ0n) is 13.3. The van der Waals surface area contributed by atoms with Crippen LogP contribution in [0, 0.1) is 5.92 Å². The second-order valence-corrected chi connectivity index (χ2v) is 6.05. The molecule has 5 heteroatoms. The molecule has 0 aliphatic carbocycles. The van der Waals surface area contributed by atoms with Crippen LogP contribution < -0.4 is 0 Å². The predicted molar refractivity (Wildman–Crippen MR) is 87.6 cm³/mol. The fraction of sp³-hybridized carbons (Fsp3) is 0.444. The lowest BCUT2D eigenvalue weighted by molar-refractivity contribution is -0.134. The van der Waals surface area contributed by atoms with E-state index in [4.69, 9.17) is 4.74 Å². The van der Waals surface area contributed by atoms with E-state index in [1.165, 1.54) is 5.56 Å². The van der Waals surface area contributed by atoms with Gasteiger partial charge >= 0.3 is 0 Å². The van der Waals surface area contributed by atoms with E-state index >= 15 is 0 Å². The van der Waals surface area contributed by atoms with E-state index < -0.39 is 0 Å². The van der Waals surface area contributed by atoms with Gasteiger partial charge in [-0.3, -0.25) is 9.48 Å². The fourth-order valence-electron chi connectivity index (χ4n) is 2.98. The van der Waals surface area contributed by atoms with Crippen molar-refractivity contribution in [1.82, 2.24) is 14.7 Å². The van der Waals surface area contributed by atoms with Crippen molar-refractivity contribution < 1.29 is 9.53 Å². The number of aromatic nitrogens is 2. The van der Waals surface area contributed by atoms with Crippen molar-refractivity contribution in [2.75, 3.05) is 19.7 Å². The quantitative estimate of drug-likeness (QED) is 0.822. The van der Waals surface area contributed by atoms with E-state index in [9.17, 15) is 4.79 Å². The Bertz CT molecular complexity index is 598. The van der Waals surface area contributed by atoms with E-state index in [2.05, 4.69) is 17.2 Å². The third kappa shape index (κ3) is 4.66. The second-order valence-electron chi connectivity index (χ2n) is 6.05. The minimum absolute atomic E-state index is 0.140. The van der Waals surface area contributed by atoms with Gasteiger partial charge in [0.05, 0.1) is 13.2 Å². The van der Waals surface area contributed by atoms with Gasteiger partial charge in [-0.2, -0.15) is 5.10 Å². The molecule has 2 aromatic rings. The first-order chi connectivity index (χ1) is 11.3. The van der Waals surface area contributed by atoms with Crippen molar-refractivity contribution >= 4 is 5.91 Å². The van der Waals surface area contributed by atoms with Crippen molar-refractivity contribution in [3.8, 4) is 0 Å². The summed E-state index contributed by atoms with van der Waals surface area (Å²) in [6.07, 6.45) is 5.69. The summed E-state index contributed by atoms with van der Waals surface area (Å²) in [5.74, 6) is 0.565.